The van der Waals surface area contributed by atoms with Crippen LogP contribution < -0.4 is 9.80 Å². The fraction of sp³-hybridized carbons (Fsp3) is 0.481. The molecular formula is C77H96N8O27S2. The highest BCUT2D eigenvalue weighted by molar-refractivity contribution is 7.81. The van der Waals surface area contributed by atoms with Crippen LogP contribution in [0.3, 0.4) is 0 Å². The van der Waals surface area contributed by atoms with Crippen molar-refractivity contribution in [3.8, 4) is 0 Å². The summed E-state index contributed by atoms with van der Waals surface area (Å²) in [6.07, 6.45) is -33.2. The molecule has 5 aliphatic rings. The standard InChI is InChI=1S/C71H78N6O27S2.2C3H9N/c1-4-35-89-70-63(103-105(80,81)82)57(92-39-46-29-17-8-18-30-46)59(61(101-70)65(78)86-2)99-68-51(74-76-72)55(90-37-44-25-13-6-14-26-44)53(49(95-68)41-88-36-43-23-11-5-12-24-43)98-71-64(104-106(83,84)85)58(93-40-47-31-19-9-20-32-47)60(62(102-71)66(79)87-3)100-69-52(75-77-73)56(91-38-45-27-15-7-16-28-45)54-50(96-69)42-94-67(97-54)48-33-21-10-22-34-48;2*1-4(2)3/h4-34,49-64,67-71H,1,35-42H2,2-3H3,(H,80,81,82)(H,83,84,85);2*1-3H3/t49-,50-,51-,52-,53-,54-,55-,56-,57+,58+,59+,60+,61-,62-,63-,64-,67-,68-,69-,70-,71-;;/m1../s1. The second kappa shape index (κ2) is 44.7. The van der Waals surface area contributed by atoms with Crippen LogP contribution >= 0.6 is 0 Å². The predicted molar refractivity (Wildman–Crippen MR) is 398 cm³/mol. The minimum atomic E-state index is -5.98. The lowest BCUT2D eigenvalue weighted by Crippen LogP contribution is -3.02. The number of hydrogen-bond acceptors (Lipinski definition) is 29. The van der Waals surface area contributed by atoms with Gasteiger partial charge < -0.3 is 99.4 Å². The minimum absolute atomic E-state index is 0.0778. The first kappa shape index (κ1) is 89.6. The van der Waals surface area contributed by atoms with Crippen LogP contribution in [0, 0.1) is 0 Å². The summed E-state index contributed by atoms with van der Waals surface area (Å²) in [6.45, 7) is 1.07. The minimum Gasteiger partial charge on any atom is -0.726 e. The van der Waals surface area contributed by atoms with Crippen LogP contribution in [0.2, 0.25) is 0 Å². The van der Waals surface area contributed by atoms with Gasteiger partial charge in [-0.1, -0.05) is 198 Å². The molecule has 618 valence electrons. The van der Waals surface area contributed by atoms with Crippen LogP contribution in [0.15, 0.2) is 205 Å². The Hall–Kier alpha value is -8.32. The number of carbonyl (C=O) groups is 2. The summed E-state index contributed by atoms with van der Waals surface area (Å²) in [6, 6.07) is 48.4. The van der Waals surface area contributed by atoms with E-state index in [1.165, 1.54) is 15.9 Å². The molecule has 35 nitrogen and oxygen atoms in total. The van der Waals surface area contributed by atoms with Gasteiger partial charge in [-0.15, -0.1) is 6.58 Å². The van der Waals surface area contributed by atoms with Gasteiger partial charge in [0.25, 0.3) is 0 Å². The largest absolute Gasteiger partial charge is 0.726 e. The molecule has 0 spiro atoms. The van der Waals surface area contributed by atoms with E-state index < -0.39 is 175 Å². The lowest BCUT2D eigenvalue weighted by molar-refractivity contribution is -0.836. The van der Waals surface area contributed by atoms with Gasteiger partial charge in [-0.05, 0) is 38.9 Å². The third-order valence-corrected chi connectivity index (χ3v) is 18.4. The molecular weight excluding hydrogens is 1530 g/mol. The molecule has 0 amide bonds. The van der Waals surface area contributed by atoms with Crippen LogP contribution in [0.25, 0.3) is 20.9 Å². The number of azide groups is 2. The summed E-state index contributed by atoms with van der Waals surface area (Å²) >= 11 is 0. The molecule has 6 aromatic rings. The Morgan fingerprint density at radius 1 is 0.474 bits per heavy atom. The molecule has 2 N–H and O–H groups in total. The number of carbonyl (C=O) groups excluding carboxylic acids is 2. The molecule has 0 saturated carbocycles. The van der Waals surface area contributed by atoms with E-state index in [9.17, 15) is 46.6 Å². The Labute approximate surface area is 661 Å². The zero-order chi connectivity index (χ0) is 81.7. The van der Waals surface area contributed by atoms with Gasteiger partial charge >= 0.3 is 11.9 Å². The van der Waals surface area contributed by atoms with Crippen LogP contribution in [0.4, 0.5) is 0 Å². The number of methoxy groups -OCH3 is 2. The molecule has 5 fully saturated rings. The quantitative estimate of drug-likeness (QED) is 0.0104. The van der Waals surface area contributed by atoms with Crippen molar-refractivity contribution >= 4 is 32.7 Å². The summed E-state index contributed by atoms with van der Waals surface area (Å²) in [5, 5.41) is 8.27. The average molecular weight is 1630 g/mol. The average Bonchev–Trinajstić information content (AvgIpc) is 0.751. The van der Waals surface area contributed by atoms with Crippen LogP contribution in [-0.4, -0.2) is 237 Å². The van der Waals surface area contributed by atoms with Crippen molar-refractivity contribution in [2.45, 2.75) is 162 Å². The summed E-state index contributed by atoms with van der Waals surface area (Å²) in [5.74, 6) is -2.41. The highest BCUT2D eigenvalue weighted by Crippen LogP contribution is 2.43. The molecule has 37 heteroatoms. The SMILES string of the molecule is C=CCO[C@@H]1O[C@@H](C(=O)OC)[C@@H](O[C@H]2O[C@H](COCc3ccccc3)[C@@H](O[C@@H]3O[C@@H](C(=O)OC)[C@@H](O[C@H]4O[C@@H]5CO[C@@H](c6ccccc6)O[C@H]5[C@H](OCc5ccccc5)[C@H]4N=[N+]=[N-])[C@H](OCc4ccccc4)[C@H]3OS(=O)(=O)[O-])[C@H](OCc3ccccc3)[C@H]2N=[N+]=[N-])[C@H](OCc2ccccc2)[C@H]1OS(=O)(=O)[O-].C[NH+](C)C.C[NH+](C)C. The van der Waals surface area contributed by atoms with Gasteiger partial charge in [-0.3, -0.25) is 8.37 Å². The zero-order valence-corrected chi connectivity index (χ0v) is 65.5. The van der Waals surface area contributed by atoms with Gasteiger partial charge in [0.15, 0.2) is 55.9 Å². The highest BCUT2D eigenvalue weighted by Gasteiger charge is 2.61. The molecule has 5 heterocycles. The number of nitrogens with one attached hydrogen (secondary N) is 2. The Balaban J connectivity index is 0.00000178. The molecule has 0 aliphatic carbocycles. The molecule has 0 aromatic heterocycles. The van der Waals surface area contributed by atoms with E-state index in [4.69, 9.17) is 88.9 Å². The lowest BCUT2D eigenvalue weighted by Gasteiger charge is -2.52. The van der Waals surface area contributed by atoms with Crippen LogP contribution in [0.5, 0.6) is 0 Å². The van der Waals surface area contributed by atoms with Crippen molar-refractivity contribution in [1.82, 2.24) is 0 Å². The van der Waals surface area contributed by atoms with E-state index in [1.807, 2.05) is 12.1 Å². The molecule has 0 bridgehead atoms. The Kier molecular flexibility index (Phi) is 35.1. The van der Waals surface area contributed by atoms with E-state index in [0.717, 1.165) is 14.2 Å². The fourth-order valence-corrected chi connectivity index (χ4v) is 13.6. The number of fused-ring (bicyclic) bond motifs is 1. The summed E-state index contributed by atoms with van der Waals surface area (Å²) in [5.41, 5.74) is 24.5. The number of quaternary nitrogens is 2. The first-order valence-electron chi connectivity index (χ1n) is 36.3. The third-order valence-electron chi connectivity index (χ3n) is 17.5. The van der Waals surface area contributed by atoms with Gasteiger partial charge in [0.05, 0.1) is 109 Å². The second-order valence-corrected chi connectivity index (χ2v) is 29.5. The Morgan fingerprint density at radius 3 is 1.25 bits per heavy atom. The van der Waals surface area contributed by atoms with Gasteiger partial charge in [0, 0.05) is 15.4 Å². The van der Waals surface area contributed by atoms with Gasteiger partial charge in [-0.25, -0.2) is 26.4 Å². The van der Waals surface area contributed by atoms with Gasteiger partial charge in [-0.2, -0.15) is 0 Å². The molecule has 21 atom stereocenters. The number of hydrogen-bond donors (Lipinski definition) is 2. The van der Waals surface area contributed by atoms with Crippen molar-refractivity contribution in [1.29, 1.82) is 0 Å². The molecule has 5 aliphatic heterocycles. The number of rotatable bonds is 34. The van der Waals surface area contributed by atoms with E-state index in [-0.39, 0.29) is 39.6 Å². The van der Waals surface area contributed by atoms with Gasteiger partial charge in [0.2, 0.25) is 20.8 Å². The molecule has 0 radical (unpaired) electrons. The predicted octanol–water partition coefficient (Wildman–Crippen LogP) is 4.83. The van der Waals surface area contributed by atoms with Crippen LogP contribution in [-0.2, 0) is 152 Å². The topological polar surface area (TPSA) is 430 Å². The van der Waals surface area contributed by atoms with E-state index in [2.05, 4.69) is 68.9 Å². The number of esters is 2. The van der Waals surface area contributed by atoms with Crippen LogP contribution in [0.1, 0.15) is 39.7 Å². The third kappa shape index (κ3) is 26.6. The van der Waals surface area contributed by atoms with Crippen molar-refractivity contribution in [3.05, 3.63) is 249 Å². The van der Waals surface area contributed by atoms with E-state index >= 15 is 0 Å². The monoisotopic (exact) mass is 1630 g/mol. The van der Waals surface area contributed by atoms with Crippen molar-refractivity contribution in [2.24, 2.45) is 10.2 Å². The molecule has 0 unspecified atom stereocenters. The number of benzene rings is 6. The second-order valence-electron chi connectivity index (χ2n) is 27.5. The summed E-state index contributed by atoms with van der Waals surface area (Å²) < 4.78 is 198. The lowest BCUT2D eigenvalue weighted by atomic mass is 9.93. The van der Waals surface area contributed by atoms with Crippen molar-refractivity contribution in [3.63, 3.8) is 0 Å². The van der Waals surface area contributed by atoms with E-state index in [0.29, 0.717) is 33.4 Å². The molecule has 5 saturated heterocycles. The van der Waals surface area contributed by atoms with Gasteiger partial charge in [0.1, 0.15) is 73.1 Å². The normalized spacial score (nSPS) is 28.8. The maximum Gasteiger partial charge on any atom is 0.337 e. The Morgan fingerprint density at radius 2 is 0.842 bits per heavy atom. The number of ether oxygens (including phenoxy) is 17. The molecule has 11 rings (SSSR count). The maximum atomic E-state index is 14.8. The molecule has 6 aromatic carbocycles. The maximum absolute atomic E-state index is 14.8. The number of nitrogens with zero attached hydrogens (tertiary/aromatic N) is 6. The fourth-order valence-electron chi connectivity index (χ4n) is 12.7. The summed E-state index contributed by atoms with van der Waals surface area (Å²) in [7, 11) is 2.80. The first-order chi connectivity index (χ1) is 54.9. The zero-order valence-electron chi connectivity index (χ0n) is 63.9. The van der Waals surface area contributed by atoms with E-state index in [1.54, 1.807) is 170 Å². The van der Waals surface area contributed by atoms with Crippen molar-refractivity contribution < 1.29 is 134 Å². The molecule has 114 heavy (non-hydrogen) atoms. The van der Waals surface area contributed by atoms with Crippen molar-refractivity contribution in [2.75, 3.05) is 76.3 Å². The smallest absolute Gasteiger partial charge is 0.337 e. The summed E-state index contributed by atoms with van der Waals surface area (Å²) in [4.78, 5) is 38.2. The highest BCUT2D eigenvalue weighted by atomic mass is 32.3. The Bertz CT molecular complexity index is 4220. The first-order valence-corrected chi connectivity index (χ1v) is 39.0.